The number of carboxylic acids is 3. The van der Waals surface area contributed by atoms with Crippen molar-refractivity contribution in [3.05, 3.63) is 106 Å². The summed E-state index contributed by atoms with van der Waals surface area (Å²) in [5.74, 6) is -3.09. The first-order valence-electron chi connectivity index (χ1n) is 15.4. The fourth-order valence-corrected chi connectivity index (χ4v) is 6.45. The van der Waals surface area contributed by atoms with Gasteiger partial charge in [0.15, 0.2) is 0 Å². The summed E-state index contributed by atoms with van der Waals surface area (Å²) in [6.45, 7) is 0.375. The minimum absolute atomic E-state index is 0.131. The van der Waals surface area contributed by atoms with E-state index in [9.17, 15) is 45.5 Å². The van der Waals surface area contributed by atoms with Crippen molar-refractivity contribution in [3.8, 4) is 0 Å². The quantitative estimate of drug-likeness (QED) is 0.0650. The second kappa shape index (κ2) is 25.1. The molecule has 22 heteroatoms. The number of rotatable bonds is 9. The van der Waals surface area contributed by atoms with Crippen molar-refractivity contribution in [2.75, 3.05) is 4.93 Å². The number of aromatic nitrogens is 4. The van der Waals surface area contributed by atoms with Gasteiger partial charge < -0.3 is 42.5 Å². The summed E-state index contributed by atoms with van der Waals surface area (Å²) in [5, 5.41) is 25.4. The van der Waals surface area contributed by atoms with Gasteiger partial charge >= 0.3 is 103 Å². The monoisotopic (exact) mass is 905 g/mol. The number of nitrogens with two attached hydrogens (primary N) is 3. The van der Waals surface area contributed by atoms with Crippen LogP contribution in [0.2, 0.25) is 0 Å². The number of nitrogens with zero attached hydrogens (tertiary/aromatic N) is 2. The van der Waals surface area contributed by atoms with E-state index in [2.05, 4.69) is 19.9 Å². The molecule has 0 bridgehead atoms. The predicted octanol–water partition coefficient (Wildman–Crippen LogP) is 4.58. The Morgan fingerprint density at radius 3 is 1.42 bits per heavy atom. The van der Waals surface area contributed by atoms with E-state index in [1.54, 1.807) is 12.4 Å². The van der Waals surface area contributed by atoms with Gasteiger partial charge in [0, 0.05) is 50.5 Å². The van der Waals surface area contributed by atoms with Crippen molar-refractivity contribution in [1.29, 1.82) is 0 Å². The summed E-state index contributed by atoms with van der Waals surface area (Å²) in [7, 11) is 0. The van der Waals surface area contributed by atoms with Crippen LogP contribution in [0.15, 0.2) is 79.6 Å². The van der Waals surface area contributed by atoms with Crippen LogP contribution in [0.4, 0.5) is 26.3 Å². The molecule has 5 rings (SSSR count). The number of aliphatic carboxylic acids is 3. The molecule has 306 valence electrons. The molecule has 0 unspecified atom stereocenters. The average Bonchev–Trinajstić information content (AvgIpc) is 3.84. The SMILES string of the molecule is CC(F)(F)F.CC(F)(F)F.CI1OC(=O)c2ccccc21.N[C@@H](Cc1ccccc1)C(=O)O.N[C@@H](Cc1cnc[nH]1)C(=O)O.N[C@@H](Cc1cnc[nH]1)C(=O)O. The summed E-state index contributed by atoms with van der Waals surface area (Å²) in [6, 6.07) is 14.5. The summed E-state index contributed by atoms with van der Waals surface area (Å²) < 4.78 is 68.4. The van der Waals surface area contributed by atoms with Gasteiger partial charge in [-0.2, -0.15) is 26.3 Å². The van der Waals surface area contributed by atoms with Gasteiger partial charge in [0.05, 0.1) is 12.7 Å². The minimum Gasteiger partial charge on any atom is -0.480 e. The van der Waals surface area contributed by atoms with Crippen LogP contribution in [0.1, 0.15) is 41.2 Å². The first-order valence-corrected chi connectivity index (χ1v) is 19.5. The van der Waals surface area contributed by atoms with E-state index in [-0.39, 0.29) is 32.7 Å². The number of carbonyl (C=O) groups excluding carboxylic acids is 1. The number of hydrogen-bond acceptors (Lipinski definition) is 10. The van der Waals surface area contributed by atoms with Crippen molar-refractivity contribution < 1.29 is 63.9 Å². The molecule has 2 aromatic carbocycles. The van der Waals surface area contributed by atoms with Crippen LogP contribution in [-0.4, -0.2) is 94.5 Å². The smallest absolute Gasteiger partial charge is 0.320 e. The molecule has 3 heterocycles. The number of alkyl halides is 7. The number of aromatic amines is 2. The van der Waals surface area contributed by atoms with E-state index < -0.39 is 68.6 Å². The van der Waals surface area contributed by atoms with E-state index in [1.807, 2.05) is 59.5 Å². The molecule has 0 saturated heterocycles. The van der Waals surface area contributed by atoms with Gasteiger partial charge in [-0.15, -0.1) is 0 Å². The number of hydrogen-bond donors (Lipinski definition) is 8. The zero-order chi connectivity index (χ0) is 42.4. The zero-order valence-corrected chi connectivity index (χ0v) is 31.7. The first kappa shape index (κ1) is 49.9. The number of imidazole rings is 2. The molecule has 11 N–H and O–H groups in total. The third-order valence-electron chi connectivity index (χ3n) is 5.81. The molecule has 4 aromatic rings. The van der Waals surface area contributed by atoms with E-state index >= 15 is 0 Å². The second-order valence-electron chi connectivity index (χ2n) is 10.9. The van der Waals surface area contributed by atoms with Crippen molar-refractivity contribution >= 4 is 44.1 Å². The van der Waals surface area contributed by atoms with Crippen molar-refractivity contribution in [2.24, 2.45) is 17.2 Å². The number of nitrogens with one attached hydrogen (secondary N) is 2. The molecular formula is C33H42F6IN7O8. The number of carboxylic acid groups (broad SMARTS) is 3. The van der Waals surface area contributed by atoms with E-state index in [1.165, 1.54) is 12.7 Å². The summed E-state index contributed by atoms with van der Waals surface area (Å²) in [5.41, 5.74) is 19.1. The Bertz CT molecular complexity index is 1620. The molecule has 0 spiro atoms. The third-order valence-corrected chi connectivity index (χ3v) is 9.44. The van der Waals surface area contributed by atoms with Gasteiger partial charge in [0.2, 0.25) is 0 Å². The second-order valence-corrected chi connectivity index (χ2v) is 14.9. The summed E-state index contributed by atoms with van der Waals surface area (Å²) in [6.07, 6.45) is -0.944. The van der Waals surface area contributed by atoms with E-state index in [0.717, 1.165) is 26.1 Å². The van der Waals surface area contributed by atoms with Crippen molar-refractivity contribution in [2.45, 2.75) is 63.6 Å². The Morgan fingerprint density at radius 1 is 0.709 bits per heavy atom. The van der Waals surface area contributed by atoms with Crippen molar-refractivity contribution in [3.63, 3.8) is 0 Å². The van der Waals surface area contributed by atoms with Gasteiger partial charge in [0.1, 0.15) is 18.1 Å². The number of benzene rings is 2. The molecule has 15 nitrogen and oxygen atoms in total. The van der Waals surface area contributed by atoms with Crippen LogP contribution in [0.25, 0.3) is 0 Å². The molecule has 0 saturated carbocycles. The van der Waals surface area contributed by atoms with Crippen LogP contribution in [0, 0.1) is 3.57 Å². The van der Waals surface area contributed by atoms with Crippen LogP contribution < -0.4 is 17.2 Å². The van der Waals surface area contributed by atoms with Gasteiger partial charge in [-0.1, -0.05) is 30.3 Å². The molecule has 0 amide bonds. The zero-order valence-electron chi connectivity index (χ0n) is 29.5. The van der Waals surface area contributed by atoms with Gasteiger partial charge in [-0.25, -0.2) is 9.97 Å². The molecule has 2 aromatic heterocycles. The summed E-state index contributed by atoms with van der Waals surface area (Å²) in [4.78, 5) is 57.0. The fourth-order valence-electron chi connectivity index (χ4n) is 3.44. The van der Waals surface area contributed by atoms with Gasteiger partial charge in [-0.3, -0.25) is 14.4 Å². The molecule has 0 fully saturated rings. The Kier molecular flexibility index (Phi) is 22.8. The van der Waals surface area contributed by atoms with Crippen LogP contribution in [0.5, 0.6) is 0 Å². The third kappa shape index (κ3) is 26.4. The average molecular weight is 906 g/mol. The fraction of sp³-hybridized carbons (Fsp3) is 0.333. The van der Waals surface area contributed by atoms with Gasteiger partial charge in [-0.05, 0) is 12.0 Å². The Hall–Kier alpha value is -5.07. The minimum atomic E-state index is -4.00. The van der Waals surface area contributed by atoms with Crippen LogP contribution in [0.3, 0.4) is 0 Å². The number of carbonyl (C=O) groups is 4. The Balaban J connectivity index is 0.000000654. The first-order chi connectivity index (χ1) is 25.4. The normalized spacial score (nSPS) is 13.6. The van der Waals surface area contributed by atoms with Crippen LogP contribution in [-0.2, 0) is 36.7 Å². The topological polar surface area (TPSA) is 274 Å². The van der Waals surface area contributed by atoms with Gasteiger partial charge in [0.25, 0.3) is 0 Å². The van der Waals surface area contributed by atoms with Crippen molar-refractivity contribution in [1.82, 2.24) is 19.9 Å². The summed E-state index contributed by atoms with van der Waals surface area (Å²) >= 11 is -1.52. The standard InChI is InChI=1S/C9H11NO2.C8H7IO2.2C6H9N3O2.2C2H3F3/c10-8(9(11)12)6-7-4-2-1-3-5-7;1-9-7-5-3-2-4-6(7)8(10)11-9;2*7-5(6(10)11)1-4-2-8-3-9-4;2*1-2(3,4)5/h1-5,8H,6,10H2,(H,11,12);2-5H,1H3;2*2-3,5H,1,7H2,(H,8,9)(H,10,11);2*1H3/t8-;;2*5-;;/m0.00../s1. The maximum absolute atomic E-state index is 11.1. The number of H-pyrrole nitrogens is 2. The number of halogens is 7. The molecular weight excluding hydrogens is 863 g/mol. The van der Waals surface area contributed by atoms with Crippen LogP contribution >= 0.6 is 20.2 Å². The van der Waals surface area contributed by atoms with E-state index in [4.69, 9.17) is 35.6 Å². The maximum atomic E-state index is 11.1. The molecule has 1 aliphatic rings. The molecule has 0 aliphatic carbocycles. The maximum Gasteiger partial charge on any atom is 0.320 e. The molecule has 55 heavy (non-hydrogen) atoms. The Labute approximate surface area is 318 Å². The Morgan fingerprint density at radius 2 is 1.07 bits per heavy atom. The largest absolute Gasteiger partial charge is 0.480 e. The molecule has 1 aliphatic heterocycles. The van der Waals surface area contributed by atoms with E-state index in [0.29, 0.717) is 6.42 Å². The number of fused-ring (bicyclic) bond motifs is 1. The predicted molar refractivity (Wildman–Crippen MR) is 196 cm³/mol. The molecule has 3 atom stereocenters. The molecule has 0 radical (unpaired) electrons.